The first-order valence-electron chi connectivity index (χ1n) is 3.66. The van der Waals surface area contributed by atoms with Gasteiger partial charge in [0, 0.05) is 12.8 Å². The van der Waals surface area contributed by atoms with Crippen molar-refractivity contribution in [3.63, 3.8) is 0 Å². The van der Waals surface area contributed by atoms with Crippen LogP contribution in [-0.4, -0.2) is 12.2 Å². The number of allylic oxidation sites excluding steroid dienone is 2. The molecule has 0 radical (unpaired) electrons. The Kier molecular flexibility index (Phi) is 10.8. The summed E-state index contributed by atoms with van der Waals surface area (Å²) in [5.41, 5.74) is 0.979. The molecule has 0 atom stereocenters. The molecule has 0 saturated carbocycles. The zero-order valence-corrected chi connectivity index (χ0v) is 7.89. The Balaban J connectivity index is 0. The fraction of sp³-hybridized carbons (Fsp3) is 0.556. The van der Waals surface area contributed by atoms with Gasteiger partial charge in [-0.1, -0.05) is 26.5 Å². The number of nitrogens with one attached hydrogen (secondary N) is 1. The SMILES string of the molecule is C=C(C)N/C=C\C(C)C.CO. The van der Waals surface area contributed by atoms with Crippen molar-refractivity contribution in [2.75, 3.05) is 7.11 Å². The Hall–Kier alpha value is -0.760. The number of rotatable bonds is 3. The van der Waals surface area contributed by atoms with E-state index in [1.807, 2.05) is 13.1 Å². The minimum absolute atomic E-state index is 0.608. The molecule has 0 unspecified atom stereocenters. The second-order valence-electron chi connectivity index (χ2n) is 2.53. The second kappa shape index (κ2) is 9.24. The van der Waals surface area contributed by atoms with Crippen LogP contribution in [0, 0.1) is 5.92 Å². The third-order valence-electron chi connectivity index (χ3n) is 0.811. The van der Waals surface area contributed by atoms with Crippen molar-refractivity contribution in [2.45, 2.75) is 20.8 Å². The Bertz CT molecular complexity index is 117. The average Bonchev–Trinajstić information content (AvgIpc) is 1.90. The zero-order chi connectivity index (χ0) is 9.28. The zero-order valence-electron chi connectivity index (χ0n) is 7.89. The summed E-state index contributed by atoms with van der Waals surface area (Å²) in [6, 6.07) is 0. The fourth-order valence-corrected chi connectivity index (χ4v) is 0.383. The lowest BCUT2D eigenvalue weighted by atomic mass is 10.2. The van der Waals surface area contributed by atoms with Gasteiger partial charge in [-0.15, -0.1) is 0 Å². The molecule has 0 heterocycles. The highest BCUT2D eigenvalue weighted by Gasteiger charge is 1.80. The molecule has 0 aliphatic rings. The van der Waals surface area contributed by atoms with Gasteiger partial charge in [-0.25, -0.2) is 0 Å². The molecule has 2 N–H and O–H groups in total. The molecule has 2 heteroatoms. The van der Waals surface area contributed by atoms with Crippen molar-refractivity contribution in [3.05, 3.63) is 24.6 Å². The molecule has 0 bridgehead atoms. The quantitative estimate of drug-likeness (QED) is 0.655. The molecule has 0 aromatic heterocycles. The summed E-state index contributed by atoms with van der Waals surface area (Å²) in [5.74, 6) is 0.608. The Morgan fingerprint density at radius 1 is 1.45 bits per heavy atom. The van der Waals surface area contributed by atoms with E-state index in [1.54, 1.807) is 0 Å². The van der Waals surface area contributed by atoms with Crippen LogP contribution in [0.3, 0.4) is 0 Å². The molecule has 0 saturated heterocycles. The summed E-state index contributed by atoms with van der Waals surface area (Å²) in [4.78, 5) is 0. The van der Waals surface area contributed by atoms with Gasteiger partial charge in [0.05, 0.1) is 0 Å². The van der Waals surface area contributed by atoms with Crippen molar-refractivity contribution < 1.29 is 5.11 Å². The molecule has 0 fully saturated rings. The van der Waals surface area contributed by atoms with Crippen LogP contribution in [-0.2, 0) is 0 Å². The topological polar surface area (TPSA) is 32.3 Å². The maximum Gasteiger partial charge on any atom is 0.0319 e. The highest BCUT2D eigenvalue weighted by molar-refractivity contribution is 4.94. The predicted molar refractivity (Wildman–Crippen MR) is 50.1 cm³/mol. The fourth-order valence-electron chi connectivity index (χ4n) is 0.383. The molecule has 0 aromatic rings. The van der Waals surface area contributed by atoms with Gasteiger partial charge in [0.25, 0.3) is 0 Å². The molecule has 0 aliphatic carbocycles. The maximum atomic E-state index is 7.00. The van der Waals surface area contributed by atoms with E-state index >= 15 is 0 Å². The van der Waals surface area contributed by atoms with Gasteiger partial charge in [0.1, 0.15) is 0 Å². The molecule has 0 spiro atoms. The van der Waals surface area contributed by atoms with E-state index in [0.29, 0.717) is 5.92 Å². The first-order chi connectivity index (χ1) is 5.13. The highest BCUT2D eigenvalue weighted by Crippen LogP contribution is 1.91. The largest absolute Gasteiger partial charge is 0.400 e. The van der Waals surface area contributed by atoms with Crippen LogP contribution >= 0.6 is 0 Å². The molecular weight excluding hydrogens is 138 g/mol. The number of hydrogen-bond acceptors (Lipinski definition) is 2. The molecule has 2 nitrogen and oxygen atoms in total. The lowest BCUT2D eigenvalue weighted by Crippen LogP contribution is -1.99. The van der Waals surface area contributed by atoms with Crippen molar-refractivity contribution >= 4 is 0 Å². The summed E-state index contributed by atoms with van der Waals surface area (Å²) in [6.45, 7) is 9.90. The lowest BCUT2D eigenvalue weighted by Gasteiger charge is -1.96. The van der Waals surface area contributed by atoms with Crippen LogP contribution in [0.1, 0.15) is 20.8 Å². The lowest BCUT2D eigenvalue weighted by molar-refractivity contribution is 0.399. The van der Waals surface area contributed by atoms with E-state index in [-0.39, 0.29) is 0 Å². The standard InChI is InChI=1S/C8H15N.CH4O/c1-7(2)5-6-9-8(3)4;1-2/h5-7,9H,3H2,1-2,4H3;2H,1H3/b6-5-;. The third kappa shape index (κ3) is 17.6. The van der Waals surface area contributed by atoms with E-state index < -0.39 is 0 Å². The predicted octanol–water partition coefficient (Wildman–Crippen LogP) is 1.89. The van der Waals surface area contributed by atoms with E-state index in [2.05, 4.69) is 31.8 Å². The van der Waals surface area contributed by atoms with Gasteiger partial charge in [-0.2, -0.15) is 0 Å². The summed E-state index contributed by atoms with van der Waals surface area (Å²) in [6.07, 6.45) is 4.02. The third-order valence-corrected chi connectivity index (χ3v) is 0.811. The summed E-state index contributed by atoms with van der Waals surface area (Å²) in [5, 5.41) is 10.0. The number of aliphatic hydroxyl groups is 1. The molecule has 0 amide bonds. The van der Waals surface area contributed by atoms with Gasteiger partial charge >= 0.3 is 0 Å². The van der Waals surface area contributed by atoms with Gasteiger partial charge in [0.15, 0.2) is 0 Å². The maximum absolute atomic E-state index is 7.00. The van der Waals surface area contributed by atoms with Crippen LogP contribution in [0.25, 0.3) is 0 Å². The van der Waals surface area contributed by atoms with Crippen molar-refractivity contribution in [1.29, 1.82) is 0 Å². The normalized spacial score (nSPS) is 9.27. The van der Waals surface area contributed by atoms with Crippen LogP contribution in [0.15, 0.2) is 24.6 Å². The van der Waals surface area contributed by atoms with E-state index in [9.17, 15) is 0 Å². The minimum Gasteiger partial charge on any atom is -0.400 e. The van der Waals surface area contributed by atoms with Gasteiger partial charge in [-0.3, -0.25) is 0 Å². The van der Waals surface area contributed by atoms with E-state index in [1.165, 1.54) is 0 Å². The minimum atomic E-state index is 0.608. The van der Waals surface area contributed by atoms with Gasteiger partial charge in [-0.05, 0) is 19.0 Å². The molecule has 0 rings (SSSR count). The van der Waals surface area contributed by atoms with Crippen LogP contribution in [0.2, 0.25) is 0 Å². The van der Waals surface area contributed by atoms with E-state index in [4.69, 9.17) is 5.11 Å². The Labute approximate surface area is 69.6 Å². The molecule has 11 heavy (non-hydrogen) atoms. The molecule has 0 aromatic carbocycles. The monoisotopic (exact) mass is 157 g/mol. The van der Waals surface area contributed by atoms with Gasteiger partial charge in [0.2, 0.25) is 0 Å². The summed E-state index contributed by atoms with van der Waals surface area (Å²) < 4.78 is 0. The van der Waals surface area contributed by atoms with Crippen LogP contribution in [0.5, 0.6) is 0 Å². The number of aliphatic hydroxyl groups excluding tert-OH is 1. The van der Waals surface area contributed by atoms with Crippen LogP contribution < -0.4 is 5.32 Å². The second-order valence-corrected chi connectivity index (χ2v) is 2.53. The summed E-state index contributed by atoms with van der Waals surface area (Å²) in [7, 11) is 1.00. The molecule has 0 aliphatic heterocycles. The summed E-state index contributed by atoms with van der Waals surface area (Å²) >= 11 is 0. The van der Waals surface area contributed by atoms with Crippen molar-refractivity contribution in [3.8, 4) is 0 Å². The Morgan fingerprint density at radius 2 is 1.91 bits per heavy atom. The smallest absolute Gasteiger partial charge is 0.0319 e. The molecular formula is C9H19NO. The molecule has 66 valence electrons. The van der Waals surface area contributed by atoms with Crippen molar-refractivity contribution in [2.24, 2.45) is 5.92 Å². The van der Waals surface area contributed by atoms with Crippen LogP contribution in [0.4, 0.5) is 0 Å². The Morgan fingerprint density at radius 3 is 2.18 bits per heavy atom. The first kappa shape index (κ1) is 12.9. The van der Waals surface area contributed by atoms with Crippen molar-refractivity contribution in [1.82, 2.24) is 5.32 Å². The first-order valence-corrected chi connectivity index (χ1v) is 3.66. The van der Waals surface area contributed by atoms with Gasteiger partial charge < -0.3 is 10.4 Å². The van der Waals surface area contributed by atoms with E-state index in [0.717, 1.165) is 12.8 Å². The average molecular weight is 157 g/mol. The number of hydrogen-bond donors (Lipinski definition) is 2. The highest BCUT2D eigenvalue weighted by atomic mass is 16.2.